The van der Waals surface area contributed by atoms with Gasteiger partial charge in [-0.15, -0.1) is 11.3 Å². The lowest BCUT2D eigenvalue weighted by molar-refractivity contribution is 0.398. The lowest BCUT2D eigenvalue weighted by Gasteiger charge is -2.23. The molecule has 0 spiro atoms. The van der Waals surface area contributed by atoms with E-state index in [9.17, 15) is 0 Å². The Morgan fingerprint density at radius 3 is 2.83 bits per heavy atom. The van der Waals surface area contributed by atoms with Gasteiger partial charge in [0.1, 0.15) is 5.01 Å². The normalized spacial score (nSPS) is 12.0. The molecule has 0 saturated carbocycles. The molecule has 0 radical (unpaired) electrons. The van der Waals surface area contributed by atoms with Crippen molar-refractivity contribution in [3.8, 4) is 0 Å². The molecule has 2 aromatic rings. The van der Waals surface area contributed by atoms with E-state index in [4.69, 9.17) is 0 Å². The van der Waals surface area contributed by atoms with E-state index >= 15 is 0 Å². The molecule has 0 aliphatic carbocycles. The molecule has 98 valence electrons. The first-order chi connectivity index (χ1) is 8.53. The molecule has 18 heavy (non-hydrogen) atoms. The van der Waals surface area contributed by atoms with Crippen LogP contribution in [0.2, 0.25) is 0 Å². The molecule has 0 aromatic carbocycles. The molecule has 0 unspecified atom stereocenters. The van der Waals surface area contributed by atoms with Gasteiger partial charge in [-0.05, 0) is 20.3 Å². The topological polar surface area (TPSA) is 42.7 Å². The van der Waals surface area contributed by atoms with Crippen LogP contribution in [0.1, 0.15) is 37.0 Å². The zero-order valence-electron chi connectivity index (χ0n) is 11.4. The van der Waals surface area contributed by atoms with E-state index in [1.54, 1.807) is 11.3 Å². The Hall–Kier alpha value is -1.20. The number of nitrogens with zero attached hydrogens (tertiary/aromatic N) is 3. The average Bonchev–Trinajstić information content (AvgIpc) is 2.95. The molecule has 0 fully saturated rings. The summed E-state index contributed by atoms with van der Waals surface area (Å²) in [7, 11) is 1.97. The molecule has 0 atom stereocenters. The third kappa shape index (κ3) is 2.79. The molecule has 1 N–H and O–H groups in total. The summed E-state index contributed by atoms with van der Waals surface area (Å²) >= 11 is 1.69. The quantitative estimate of drug-likeness (QED) is 0.902. The van der Waals surface area contributed by atoms with Gasteiger partial charge in [-0.3, -0.25) is 4.68 Å². The van der Waals surface area contributed by atoms with E-state index in [1.807, 2.05) is 23.3 Å². The second-order valence-electron chi connectivity index (χ2n) is 4.94. The van der Waals surface area contributed by atoms with Gasteiger partial charge in [-0.25, -0.2) is 4.98 Å². The maximum atomic E-state index is 4.46. The van der Waals surface area contributed by atoms with Crippen LogP contribution in [0.4, 0.5) is 0 Å². The van der Waals surface area contributed by atoms with Gasteiger partial charge in [-0.2, -0.15) is 5.10 Å². The summed E-state index contributed by atoms with van der Waals surface area (Å²) in [5.41, 5.74) is 2.33. The summed E-state index contributed by atoms with van der Waals surface area (Å²) in [6.07, 6.45) is 4.91. The highest BCUT2D eigenvalue weighted by atomic mass is 32.1. The van der Waals surface area contributed by atoms with Crippen LogP contribution in [-0.2, 0) is 25.6 Å². The van der Waals surface area contributed by atoms with Crippen LogP contribution in [0.5, 0.6) is 0 Å². The summed E-state index contributed by atoms with van der Waals surface area (Å²) in [6.45, 7) is 7.28. The Morgan fingerprint density at radius 2 is 2.22 bits per heavy atom. The molecule has 0 saturated heterocycles. The molecule has 0 amide bonds. The van der Waals surface area contributed by atoms with Gasteiger partial charge in [0.25, 0.3) is 0 Å². The highest BCUT2D eigenvalue weighted by Gasteiger charge is 2.23. The smallest absolute Gasteiger partial charge is 0.112 e. The minimum atomic E-state index is -0.102. The number of thiazole rings is 1. The first-order valence-corrected chi connectivity index (χ1v) is 7.07. The Labute approximate surface area is 112 Å². The molecular weight excluding hydrogens is 244 g/mol. The van der Waals surface area contributed by atoms with Crippen LogP contribution in [0, 0.1) is 0 Å². The van der Waals surface area contributed by atoms with Crippen molar-refractivity contribution in [1.82, 2.24) is 20.1 Å². The van der Waals surface area contributed by atoms with Crippen molar-refractivity contribution in [3.05, 3.63) is 34.0 Å². The third-order valence-electron chi connectivity index (χ3n) is 3.01. The highest BCUT2D eigenvalue weighted by molar-refractivity contribution is 7.09. The van der Waals surface area contributed by atoms with Crippen LogP contribution in [0.25, 0.3) is 0 Å². The Balaban J connectivity index is 2.07. The largest absolute Gasteiger partial charge is 0.302 e. The minimum absolute atomic E-state index is 0.102. The van der Waals surface area contributed by atoms with Crippen LogP contribution >= 0.6 is 11.3 Å². The van der Waals surface area contributed by atoms with E-state index in [0.717, 1.165) is 18.0 Å². The molecule has 0 aliphatic heterocycles. The van der Waals surface area contributed by atoms with E-state index in [2.05, 4.69) is 42.4 Å². The molecule has 2 aromatic heterocycles. The molecule has 0 bridgehead atoms. The summed E-state index contributed by atoms with van der Waals surface area (Å²) in [6, 6.07) is 0. The maximum absolute atomic E-state index is 4.46. The van der Waals surface area contributed by atoms with Crippen molar-refractivity contribution in [3.63, 3.8) is 0 Å². The second kappa shape index (κ2) is 5.20. The fourth-order valence-electron chi connectivity index (χ4n) is 1.95. The highest BCUT2D eigenvalue weighted by Crippen LogP contribution is 2.22. The third-order valence-corrected chi connectivity index (χ3v) is 4.11. The Morgan fingerprint density at radius 1 is 1.44 bits per heavy atom. The molecule has 4 nitrogen and oxygen atoms in total. The van der Waals surface area contributed by atoms with Gasteiger partial charge in [0.15, 0.2) is 0 Å². The number of hydrogen-bond acceptors (Lipinski definition) is 4. The molecule has 0 aliphatic rings. The predicted octanol–water partition coefficient (Wildman–Crippen LogP) is 2.46. The molecule has 2 heterocycles. The molecular formula is C13H20N4S. The summed E-state index contributed by atoms with van der Waals surface area (Å²) < 4.78 is 1.88. The van der Waals surface area contributed by atoms with Gasteiger partial charge in [-0.1, -0.05) is 6.92 Å². The first-order valence-electron chi connectivity index (χ1n) is 6.19. The van der Waals surface area contributed by atoms with Crippen molar-refractivity contribution in [1.29, 1.82) is 0 Å². The summed E-state index contributed by atoms with van der Waals surface area (Å²) in [5, 5.41) is 11.1. The Bertz CT molecular complexity index is 499. The lowest BCUT2D eigenvalue weighted by atomic mass is 10.1. The Kier molecular flexibility index (Phi) is 3.82. The number of aromatic nitrogens is 3. The SMILES string of the molecule is CCc1nn(C)cc1CNC(C)(C)c1nccs1. The first kappa shape index (κ1) is 13.2. The monoisotopic (exact) mass is 264 g/mol. The van der Waals surface area contributed by atoms with E-state index in [0.29, 0.717) is 0 Å². The average molecular weight is 264 g/mol. The zero-order chi connectivity index (χ0) is 13.2. The van der Waals surface area contributed by atoms with Crippen molar-refractivity contribution in [2.45, 2.75) is 39.3 Å². The van der Waals surface area contributed by atoms with Crippen molar-refractivity contribution in [2.24, 2.45) is 7.05 Å². The number of rotatable bonds is 5. The summed E-state index contributed by atoms with van der Waals surface area (Å²) in [4.78, 5) is 4.38. The van der Waals surface area contributed by atoms with E-state index in [-0.39, 0.29) is 5.54 Å². The summed E-state index contributed by atoms with van der Waals surface area (Å²) in [5.74, 6) is 0. The minimum Gasteiger partial charge on any atom is -0.302 e. The van der Waals surface area contributed by atoms with Crippen LogP contribution in [0.15, 0.2) is 17.8 Å². The lowest BCUT2D eigenvalue weighted by Crippen LogP contribution is -2.35. The molecule has 2 rings (SSSR count). The maximum Gasteiger partial charge on any atom is 0.112 e. The van der Waals surface area contributed by atoms with Gasteiger partial charge in [0, 0.05) is 36.9 Å². The van der Waals surface area contributed by atoms with Crippen molar-refractivity contribution >= 4 is 11.3 Å². The van der Waals surface area contributed by atoms with Gasteiger partial charge >= 0.3 is 0 Å². The van der Waals surface area contributed by atoms with Crippen LogP contribution < -0.4 is 5.32 Å². The van der Waals surface area contributed by atoms with E-state index in [1.165, 1.54) is 11.3 Å². The van der Waals surface area contributed by atoms with Crippen molar-refractivity contribution in [2.75, 3.05) is 0 Å². The van der Waals surface area contributed by atoms with Crippen molar-refractivity contribution < 1.29 is 0 Å². The zero-order valence-corrected chi connectivity index (χ0v) is 12.2. The number of aryl methyl sites for hydroxylation is 2. The second-order valence-corrected chi connectivity index (χ2v) is 5.84. The number of nitrogens with one attached hydrogen (secondary N) is 1. The van der Waals surface area contributed by atoms with Crippen LogP contribution in [0.3, 0.4) is 0 Å². The van der Waals surface area contributed by atoms with Gasteiger partial charge < -0.3 is 5.32 Å². The fraction of sp³-hybridized carbons (Fsp3) is 0.538. The fourth-order valence-corrected chi connectivity index (χ4v) is 2.69. The standard InChI is InChI=1S/C13H20N4S/c1-5-11-10(9-17(4)16-11)8-15-13(2,3)12-14-6-7-18-12/h6-7,9,15H,5,8H2,1-4H3. The molecule has 5 heteroatoms. The van der Waals surface area contributed by atoms with Gasteiger partial charge in [0.05, 0.1) is 11.2 Å². The van der Waals surface area contributed by atoms with E-state index < -0.39 is 0 Å². The van der Waals surface area contributed by atoms with Gasteiger partial charge in [0.2, 0.25) is 0 Å². The predicted molar refractivity (Wildman–Crippen MR) is 74.6 cm³/mol. The number of hydrogen-bond donors (Lipinski definition) is 1. The van der Waals surface area contributed by atoms with Crippen LogP contribution in [-0.4, -0.2) is 14.8 Å².